The van der Waals surface area contributed by atoms with E-state index in [0.29, 0.717) is 38.4 Å². The third-order valence-electron chi connectivity index (χ3n) is 35.8. The van der Waals surface area contributed by atoms with Crippen molar-refractivity contribution in [3.8, 4) is 0 Å². The van der Waals surface area contributed by atoms with Gasteiger partial charge in [0.05, 0.1) is 48.6 Å². The van der Waals surface area contributed by atoms with Gasteiger partial charge in [0.2, 0.25) is 41.4 Å². The van der Waals surface area contributed by atoms with E-state index < -0.39 is 29.2 Å². The first-order valence-electron chi connectivity index (χ1n) is 54.7. The Kier molecular flexibility index (Phi) is 40.7. The van der Waals surface area contributed by atoms with Crippen molar-refractivity contribution in [3.05, 3.63) is 143 Å². The van der Waals surface area contributed by atoms with Gasteiger partial charge in [-0.15, -0.1) is 0 Å². The van der Waals surface area contributed by atoms with Gasteiger partial charge >= 0.3 is 0 Å². The van der Waals surface area contributed by atoms with Gasteiger partial charge in [-0.25, -0.2) is 0 Å². The van der Waals surface area contributed by atoms with E-state index in [4.69, 9.17) is 9.47 Å². The molecule has 6 aliphatic heterocycles. The molecule has 7 amide bonds. The fraction of sp³-hybridized carbons (Fsp3) is 0.724. The molecule has 4 aliphatic carbocycles. The zero-order valence-electron chi connectivity index (χ0n) is 87.8. The normalized spacial score (nSPS) is 27.0. The lowest BCUT2D eigenvalue weighted by Gasteiger charge is -2.47. The zero-order chi connectivity index (χ0) is 98.6. The number of nitrogens with zero attached hydrogens (tertiary/aromatic N) is 8. The van der Waals surface area contributed by atoms with Crippen LogP contribution in [0.15, 0.2) is 109 Å². The Hall–Kier alpha value is -7.48. The summed E-state index contributed by atoms with van der Waals surface area (Å²) < 4.78 is 13.9. The second kappa shape index (κ2) is 51.3. The summed E-state index contributed by atoms with van der Waals surface area (Å²) in [5.41, 5.74) is 7.04. The number of amides is 7. The predicted molar refractivity (Wildman–Crippen MR) is 559 cm³/mol. The van der Waals surface area contributed by atoms with Crippen molar-refractivity contribution < 1.29 is 47.8 Å². The number of rotatable bonds is 43. The molecular formula is C116H183N13O10. The quantitative estimate of drug-likeness (QED) is 0.0259. The number of likely N-dealkylation sites (tertiary alicyclic amines) is 6. The van der Waals surface area contributed by atoms with Gasteiger partial charge in [0.15, 0.2) is 0 Å². The first-order chi connectivity index (χ1) is 66.3. The molecule has 8 fully saturated rings. The fourth-order valence-corrected chi connectivity index (χ4v) is 25.7. The Balaban J connectivity index is 0.000000247. The average Bonchev–Trinajstić information content (AvgIpc) is 1.58. The molecule has 139 heavy (non-hydrogen) atoms. The number of fused-ring (bicyclic) bond motifs is 4. The number of ketones is 1. The Bertz CT molecular complexity index is 4300. The number of likely N-dealkylation sites (N-methyl/N-ethyl adjacent to an activating group) is 2. The molecule has 4 aromatic rings. The summed E-state index contributed by atoms with van der Waals surface area (Å²) in [5, 5.41) is 15.9. The van der Waals surface area contributed by atoms with E-state index in [1.54, 1.807) is 14.1 Å². The van der Waals surface area contributed by atoms with Gasteiger partial charge in [-0.2, -0.15) is 0 Å². The molecule has 23 nitrogen and oxygen atoms in total. The topological polar surface area (TPSA) is 241 Å². The van der Waals surface area contributed by atoms with Crippen LogP contribution in [0.2, 0.25) is 0 Å². The summed E-state index contributed by atoms with van der Waals surface area (Å²) in [7, 11) is 3.60. The van der Waals surface area contributed by atoms with Crippen LogP contribution in [0.5, 0.6) is 0 Å². The summed E-state index contributed by atoms with van der Waals surface area (Å²) in [5.74, 6) is 0.0700. The molecule has 18 atom stereocenters. The van der Waals surface area contributed by atoms with E-state index >= 15 is 0 Å². The van der Waals surface area contributed by atoms with Gasteiger partial charge in [-0.1, -0.05) is 224 Å². The lowest BCUT2D eigenvalue weighted by molar-refractivity contribution is -0.146. The first kappa shape index (κ1) is 110. The molecule has 2 saturated carbocycles. The van der Waals surface area contributed by atoms with Gasteiger partial charge in [0, 0.05) is 127 Å². The van der Waals surface area contributed by atoms with Crippen molar-refractivity contribution in [3.63, 3.8) is 0 Å². The average molecular weight is 1920 g/mol. The molecule has 14 rings (SSSR count). The number of Topliss-reactive ketones (excluding diaryl/α,β-unsaturated/α-hetero) is 1. The lowest BCUT2D eigenvalue weighted by Crippen LogP contribution is -2.62. The molecule has 0 radical (unpaired) electrons. The molecule has 772 valence electrons. The summed E-state index contributed by atoms with van der Waals surface area (Å²) in [4.78, 5) is 131. The van der Waals surface area contributed by atoms with E-state index in [-0.39, 0.29) is 150 Å². The second-order valence-corrected chi connectivity index (χ2v) is 45.5. The highest BCUT2D eigenvalue weighted by atomic mass is 16.5. The summed E-state index contributed by atoms with van der Waals surface area (Å²) in [6, 6.07) is 38.0. The Morgan fingerprint density at radius 1 is 0.453 bits per heavy atom. The van der Waals surface area contributed by atoms with Crippen LogP contribution < -0.4 is 26.6 Å². The standard InChI is InChI=1S/C58H92N6O6.C57H87N7O4.CH4/c1-13-43(6)52(66)60-51(42(4)5)54(68)64-31-27-56(9)36-48(38-62(40-58(56,64)11)29-25-46-22-18-15-19-23-46)70-33-32-69-47-35-55(8)26-30-63(53(67)49(41(2)3)34-50(65)44(7)59-12)57(55,10)39-61(37-47)28-24-45-20-16-14-17-21-45;1-5-40(2)54(65)59-52(44-22-8-6-9-23-44)56(67)63-36-18-26-46(63)38-61(50-32-30-42-20-12-14-28-48(42)50)34-16-17-35-62(51-33-31-43-21-13-15-29-49(43)51)39-47-27-19-37-64(47)57(68)53(45-24-10-7-11-25-45)60-55(66)41(3)58-4;/h14-23,41-44,47-49,51,59H,13,24-40H2,1-12H3,(H,60,66);12-15,20-21,28-29,40-41,44-47,50-53,58H,5-11,16-19,22-27,30-39H2,1-4H3,(H,59,65)(H,60,66);1H4/t43-,44+,47-,48-,49+,51+,55+,56+,57-,58-;40-,41+,46+,47+,50?,51?,52+,53+;/m11./s1. The summed E-state index contributed by atoms with van der Waals surface area (Å²) in [6.07, 6.45) is 28.1. The Morgan fingerprint density at radius 2 is 0.863 bits per heavy atom. The number of benzene rings is 4. The highest BCUT2D eigenvalue weighted by Gasteiger charge is 2.61. The molecule has 6 saturated heterocycles. The van der Waals surface area contributed by atoms with Crippen LogP contribution in [0, 0.1) is 52.3 Å². The SMILES string of the molecule is C.CC[C@@H](C)C(=O)N[C@H](C(=O)N1CCC[C@H]1CN(CCCCN(C[C@@H]1CCCN1C(=O)[C@@H](NC(=O)[C@H](C)NC)C1CCCCC1)C1CCc2ccccc21)C1CCc2ccccc21)C1CCCCC1.CC[C@@H](C)C(=O)N[C@H](C(=O)N1CC[C@@]2(C)C[C@@H](OCCO[C@H]3CN(CCc4ccccc4)C[C@@]4(C)N(C(=O)[C@@H](CC(=O)[C@H](C)NC)C(C)C)CC[C@@]4(C)C3)CN(CCc3ccccc3)C[C@@]12C)C(C)C. The number of aryl methyl sites for hydroxylation is 2. The van der Waals surface area contributed by atoms with Gasteiger partial charge < -0.3 is 55.7 Å². The van der Waals surface area contributed by atoms with Gasteiger partial charge in [0.1, 0.15) is 23.9 Å². The highest BCUT2D eigenvalue weighted by molar-refractivity contribution is 5.92. The monoisotopic (exact) mass is 1920 g/mol. The minimum Gasteiger partial charge on any atom is -0.374 e. The van der Waals surface area contributed by atoms with Gasteiger partial charge in [0.25, 0.3) is 0 Å². The van der Waals surface area contributed by atoms with Crippen molar-refractivity contribution >= 4 is 47.1 Å². The number of carbonyl (C=O) groups excluding carboxylic acids is 8. The molecule has 4 aromatic carbocycles. The molecular weight excluding hydrogens is 1740 g/mol. The van der Waals surface area contributed by atoms with E-state index in [2.05, 4.69) is 223 Å². The largest absolute Gasteiger partial charge is 0.374 e. The third kappa shape index (κ3) is 27.0. The first-order valence-corrected chi connectivity index (χ1v) is 54.7. The molecule has 10 aliphatic rings. The second-order valence-electron chi connectivity index (χ2n) is 45.5. The Morgan fingerprint density at radius 3 is 1.28 bits per heavy atom. The number of hydrogen-bond donors (Lipinski definition) is 5. The summed E-state index contributed by atoms with van der Waals surface area (Å²) in [6.45, 7) is 41.2. The minimum absolute atomic E-state index is 0. The molecule has 5 N–H and O–H groups in total. The van der Waals surface area contributed by atoms with Gasteiger partial charge in [-0.05, 0) is 264 Å². The minimum atomic E-state index is -0.586. The van der Waals surface area contributed by atoms with E-state index in [9.17, 15) is 38.4 Å². The van der Waals surface area contributed by atoms with Crippen molar-refractivity contribution in [2.45, 2.75) is 368 Å². The highest BCUT2D eigenvalue weighted by Crippen LogP contribution is 2.54. The smallest absolute Gasteiger partial charge is 0.245 e. The number of nitrogens with one attached hydrogen (secondary N) is 5. The van der Waals surface area contributed by atoms with Crippen molar-refractivity contribution in [1.82, 2.24) is 65.8 Å². The molecule has 0 spiro atoms. The van der Waals surface area contributed by atoms with Crippen molar-refractivity contribution in [2.24, 2.45) is 52.3 Å². The predicted octanol–water partition coefficient (Wildman–Crippen LogP) is 16.8. The van der Waals surface area contributed by atoms with E-state index in [1.165, 1.54) is 46.2 Å². The maximum atomic E-state index is 14.8. The fourth-order valence-electron chi connectivity index (χ4n) is 25.7. The Labute approximate surface area is 837 Å². The van der Waals surface area contributed by atoms with Crippen LogP contribution in [-0.4, -0.2) is 271 Å². The third-order valence-corrected chi connectivity index (χ3v) is 35.8. The maximum absolute atomic E-state index is 14.8. The molecule has 2 unspecified atom stereocenters. The van der Waals surface area contributed by atoms with Crippen molar-refractivity contribution in [2.75, 3.05) is 119 Å². The molecule has 23 heteroatoms. The van der Waals surface area contributed by atoms with Crippen LogP contribution in [0.25, 0.3) is 0 Å². The molecule has 6 heterocycles. The van der Waals surface area contributed by atoms with Crippen LogP contribution in [0.1, 0.15) is 310 Å². The molecule has 0 bridgehead atoms. The van der Waals surface area contributed by atoms with Crippen LogP contribution in [0.3, 0.4) is 0 Å². The van der Waals surface area contributed by atoms with E-state index in [0.717, 1.165) is 245 Å². The summed E-state index contributed by atoms with van der Waals surface area (Å²) >= 11 is 0. The van der Waals surface area contributed by atoms with E-state index in [1.807, 2.05) is 48.5 Å². The maximum Gasteiger partial charge on any atom is 0.245 e. The van der Waals surface area contributed by atoms with Crippen LogP contribution in [-0.2, 0) is 73.5 Å². The number of carbonyl (C=O) groups is 8. The number of ether oxygens (including phenoxy) is 2. The number of hydrogen-bond acceptors (Lipinski definition) is 16. The number of unbranched alkanes of at least 4 members (excludes halogenated alkanes) is 1. The molecule has 0 aromatic heterocycles. The van der Waals surface area contributed by atoms with Crippen LogP contribution >= 0.6 is 0 Å². The van der Waals surface area contributed by atoms with Gasteiger partial charge in [-0.3, -0.25) is 58.0 Å². The lowest BCUT2D eigenvalue weighted by atomic mass is 9.69. The van der Waals surface area contributed by atoms with Crippen LogP contribution in [0.4, 0.5) is 0 Å². The van der Waals surface area contributed by atoms with Crippen molar-refractivity contribution in [1.29, 1.82) is 0 Å². The zero-order valence-corrected chi connectivity index (χ0v) is 87.8.